The molecule has 0 fully saturated rings. The Bertz CT molecular complexity index is 879. The SMILES string of the molecule is COc1ccc(OC)c(C#Cc2ccc3ncncc3c2)c1. The van der Waals surface area contributed by atoms with Crippen LogP contribution in [0.2, 0.25) is 0 Å². The molecular formula is C18H14N2O2. The molecule has 0 aliphatic heterocycles. The van der Waals surface area contributed by atoms with Gasteiger partial charge >= 0.3 is 0 Å². The Morgan fingerprint density at radius 1 is 0.955 bits per heavy atom. The Balaban J connectivity index is 2.00. The maximum atomic E-state index is 5.33. The van der Waals surface area contributed by atoms with Crippen LogP contribution in [0.1, 0.15) is 11.1 Å². The second kappa shape index (κ2) is 6.15. The van der Waals surface area contributed by atoms with Crippen molar-refractivity contribution in [3.05, 3.63) is 60.0 Å². The third-order valence-electron chi connectivity index (χ3n) is 3.25. The average molecular weight is 290 g/mol. The first-order chi connectivity index (χ1) is 10.8. The van der Waals surface area contributed by atoms with Crippen molar-refractivity contribution in [3.8, 4) is 23.3 Å². The van der Waals surface area contributed by atoms with Gasteiger partial charge in [0.25, 0.3) is 0 Å². The van der Waals surface area contributed by atoms with Crippen LogP contribution in [0, 0.1) is 11.8 Å². The van der Waals surface area contributed by atoms with Crippen molar-refractivity contribution in [2.45, 2.75) is 0 Å². The number of benzene rings is 2. The Hall–Kier alpha value is -3.06. The summed E-state index contributed by atoms with van der Waals surface area (Å²) in [5.41, 5.74) is 2.58. The molecule has 4 nitrogen and oxygen atoms in total. The number of methoxy groups -OCH3 is 2. The van der Waals surface area contributed by atoms with Crippen molar-refractivity contribution in [1.82, 2.24) is 9.97 Å². The zero-order valence-corrected chi connectivity index (χ0v) is 12.3. The molecule has 0 saturated heterocycles. The highest BCUT2D eigenvalue weighted by Gasteiger charge is 2.02. The maximum absolute atomic E-state index is 5.33. The molecule has 2 aromatic carbocycles. The topological polar surface area (TPSA) is 44.2 Å². The van der Waals surface area contributed by atoms with Crippen LogP contribution >= 0.6 is 0 Å². The van der Waals surface area contributed by atoms with E-state index in [0.29, 0.717) is 0 Å². The molecule has 0 N–H and O–H groups in total. The molecule has 0 aliphatic rings. The molecule has 22 heavy (non-hydrogen) atoms. The van der Waals surface area contributed by atoms with E-state index in [4.69, 9.17) is 9.47 Å². The Morgan fingerprint density at radius 3 is 2.68 bits per heavy atom. The number of hydrogen-bond donors (Lipinski definition) is 0. The lowest BCUT2D eigenvalue weighted by molar-refractivity contribution is 0.402. The fourth-order valence-corrected chi connectivity index (χ4v) is 2.11. The van der Waals surface area contributed by atoms with E-state index in [0.717, 1.165) is 33.5 Å². The first-order valence-corrected chi connectivity index (χ1v) is 6.74. The molecule has 0 radical (unpaired) electrons. The van der Waals surface area contributed by atoms with Gasteiger partial charge in [-0.25, -0.2) is 9.97 Å². The van der Waals surface area contributed by atoms with Crippen molar-refractivity contribution in [1.29, 1.82) is 0 Å². The van der Waals surface area contributed by atoms with E-state index in [1.807, 2.05) is 36.4 Å². The van der Waals surface area contributed by atoms with Gasteiger partial charge < -0.3 is 9.47 Å². The zero-order valence-electron chi connectivity index (χ0n) is 12.3. The van der Waals surface area contributed by atoms with E-state index in [2.05, 4.69) is 21.8 Å². The Labute approximate surface area is 128 Å². The molecule has 3 aromatic rings. The number of aromatic nitrogens is 2. The van der Waals surface area contributed by atoms with E-state index >= 15 is 0 Å². The predicted molar refractivity (Wildman–Crippen MR) is 85.1 cm³/mol. The van der Waals surface area contributed by atoms with E-state index < -0.39 is 0 Å². The molecule has 0 atom stereocenters. The number of ether oxygens (including phenoxy) is 2. The zero-order chi connectivity index (χ0) is 15.4. The minimum absolute atomic E-state index is 0.720. The van der Waals surface area contributed by atoms with E-state index in [1.54, 1.807) is 20.4 Å². The third kappa shape index (κ3) is 2.84. The Morgan fingerprint density at radius 2 is 1.86 bits per heavy atom. The first-order valence-electron chi connectivity index (χ1n) is 6.74. The van der Waals surface area contributed by atoms with Crippen LogP contribution in [0.4, 0.5) is 0 Å². The van der Waals surface area contributed by atoms with Gasteiger partial charge in [0.05, 0.1) is 25.3 Å². The lowest BCUT2D eigenvalue weighted by Crippen LogP contribution is -1.90. The fourth-order valence-electron chi connectivity index (χ4n) is 2.11. The van der Waals surface area contributed by atoms with E-state index in [9.17, 15) is 0 Å². The molecular weight excluding hydrogens is 276 g/mol. The van der Waals surface area contributed by atoms with Gasteiger partial charge in [-0.2, -0.15) is 0 Å². The number of nitrogens with zero attached hydrogens (tertiary/aromatic N) is 2. The van der Waals surface area contributed by atoms with Crippen LogP contribution in [0.25, 0.3) is 10.9 Å². The predicted octanol–water partition coefficient (Wildman–Crippen LogP) is 3.05. The summed E-state index contributed by atoms with van der Waals surface area (Å²) >= 11 is 0. The molecule has 1 heterocycles. The monoisotopic (exact) mass is 290 g/mol. The van der Waals surface area contributed by atoms with E-state index in [-0.39, 0.29) is 0 Å². The first kappa shape index (κ1) is 13.9. The fraction of sp³-hybridized carbons (Fsp3) is 0.111. The van der Waals surface area contributed by atoms with Crippen LogP contribution < -0.4 is 9.47 Å². The largest absolute Gasteiger partial charge is 0.497 e. The van der Waals surface area contributed by atoms with Crippen LogP contribution in [-0.4, -0.2) is 24.2 Å². The molecule has 0 spiro atoms. The van der Waals surface area contributed by atoms with Gasteiger partial charge in [0, 0.05) is 17.1 Å². The normalized spacial score (nSPS) is 9.91. The summed E-state index contributed by atoms with van der Waals surface area (Å²) in [5, 5.41) is 0.965. The molecule has 4 heteroatoms. The Kier molecular flexibility index (Phi) is 3.88. The quantitative estimate of drug-likeness (QED) is 0.680. The molecule has 0 saturated carbocycles. The second-order valence-electron chi connectivity index (χ2n) is 4.61. The highest BCUT2D eigenvalue weighted by atomic mass is 16.5. The summed E-state index contributed by atoms with van der Waals surface area (Å²) in [6.45, 7) is 0. The molecule has 0 bridgehead atoms. The highest BCUT2D eigenvalue weighted by molar-refractivity contribution is 5.79. The van der Waals surface area contributed by atoms with Gasteiger partial charge in [0.2, 0.25) is 0 Å². The minimum Gasteiger partial charge on any atom is -0.497 e. The van der Waals surface area contributed by atoms with Gasteiger partial charge in [-0.1, -0.05) is 11.8 Å². The maximum Gasteiger partial charge on any atom is 0.134 e. The number of rotatable bonds is 2. The van der Waals surface area contributed by atoms with Crippen molar-refractivity contribution in [2.24, 2.45) is 0 Å². The van der Waals surface area contributed by atoms with Gasteiger partial charge in [-0.05, 0) is 36.4 Å². The summed E-state index contributed by atoms with van der Waals surface area (Å²) < 4.78 is 10.5. The third-order valence-corrected chi connectivity index (χ3v) is 3.25. The van der Waals surface area contributed by atoms with Gasteiger partial charge in [-0.15, -0.1) is 0 Å². The van der Waals surface area contributed by atoms with Crippen molar-refractivity contribution >= 4 is 10.9 Å². The van der Waals surface area contributed by atoms with Crippen LogP contribution in [0.5, 0.6) is 11.5 Å². The lowest BCUT2D eigenvalue weighted by Gasteiger charge is -2.05. The minimum atomic E-state index is 0.720. The van der Waals surface area contributed by atoms with Crippen LogP contribution in [-0.2, 0) is 0 Å². The van der Waals surface area contributed by atoms with Crippen molar-refractivity contribution < 1.29 is 9.47 Å². The molecule has 108 valence electrons. The molecule has 0 unspecified atom stereocenters. The number of hydrogen-bond acceptors (Lipinski definition) is 4. The van der Waals surface area contributed by atoms with Gasteiger partial charge in [-0.3, -0.25) is 0 Å². The summed E-state index contributed by atoms with van der Waals surface area (Å²) in [4.78, 5) is 8.22. The van der Waals surface area contributed by atoms with Crippen molar-refractivity contribution in [3.63, 3.8) is 0 Å². The average Bonchev–Trinajstić information content (AvgIpc) is 2.59. The van der Waals surface area contributed by atoms with Gasteiger partial charge in [0.1, 0.15) is 17.8 Å². The molecule has 0 amide bonds. The smallest absolute Gasteiger partial charge is 0.134 e. The summed E-state index contributed by atoms with van der Waals surface area (Å²) in [6.07, 6.45) is 3.31. The molecule has 0 aliphatic carbocycles. The summed E-state index contributed by atoms with van der Waals surface area (Å²) in [5.74, 6) is 7.73. The van der Waals surface area contributed by atoms with E-state index in [1.165, 1.54) is 6.33 Å². The summed E-state index contributed by atoms with van der Waals surface area (Å²) in [7, 11) is 3.25. The lowest BCUT2D eigenvalue weighted by atomic mass is 10.1. The van der Waals surface area contributed by atoms with Crippen molar-refractivity contribution in [2.75, 3.05) is 14.2 Å². The summed E-state index contributed by atoms with van der Waals surface area (Å²) in [6, 6.07) is 11.4. The number of fused-ring (bicyclic) bond motifs is 1. The highest BCUT2D eigenvalue weighted by Crippen LogP contribution is 2.23. The standard InChI is InChI=1S/C18H14N2O2/c1-21-16-6-8-18(22-2)14(10-16)5-3-13-4-7-17-15(9-13)11-19-12-20-17/h4,6-12H,1-2H3. The van der Waals surface area contributed by atoms with Crippen LogP contribution in [0.3, 0.4) is 0 Å². The molecule has 1 aromatic heterocycles. The second-order valence-corrected chi connectivity index (χ2v) is 4.61. The van der Waals surface area contributed by atoms with Gasteiger partial charge in [0.15, 0.2) is 0 Å². The molecule has 3 rings (SSSR count). The van der Waals surface area contributed by atoms with Crippen LogP contribution in [0.15, 0.2) is 48.9 Å².